The van der Waals surface area contributed by atoms with Crippen LogP contribution in [0.5, 0.6) is 5.88 Å². The van der Waals surface area contributed by atoms with Crippen molar-refractivity contribution in [3.05, 3.63) is 83.8 Å². The molecule has 34 heavy (non-hydrogen) atoms. The van der Waals surface area contributed by atoms with Gasteiger partial charge in [0.05, 0.1) is 11.9 Å². The molecule has 0 aliphatic heterocycles. The van der Waals surface area contributed by atoms with E-state index in [-0.39, 0.29) is 13.3 Å². The molecule has 3 N–H and O–H groups in total. The Bertz CT molecular complexity index is 1240. The Hall–Kier alpha value is -3.50. The van der Waals surface area contributed by atoms with E-state index in [9.17, 15) is 9.28 Å². The summed E-state index contributed by atoms with van der Waals surface area (Å²) in [5, 5.41) is 4.12. The molecule has 0 saturated heterocycles. The minimum atomic E-state index is -1.97. The second-order valence-corrected chi connectivity index (χ2v) is 8.19. The largest absolute Gasteiger partial charge is 0.473 e. The van der Waals surface area contributed by atoms with Gasteiger partial charge < -0.3 is 18.7 Å². The minimum Gasteiger partial charge on any atom is -0.473 e. The lowest BCUT2D eigenvalue weighted by Crippen LogP contribution is -2.37. The third-order valence-electron chi connectivity index (χ3n) is 4.76. The smallest absolute Gasteiger partial charge is 0.332 e. The highest BCUT2D eigenvalue weighted by molar-refractivity contribution is 7.40. The maximum atomic E-state index is 13.2. The van der Waals surface area contributed by atoms with Crippen LogP contribution in [0.2, 0.25) is 0 Å². The van der Waals surface area contributed by atoms with E-state index in [0.29, 0.717) is 40.7 Å². The number of ether oxygens (including phenoxy) is 1. The van der Waals surface area contributed by atoms with Crippen molar-refractivity contribution in [2.45, 2.75) is 19.8 Å². The lowest BCUT2D eigenvalue weighted by atomic mass is 10.1. The van der Waals surface area contributed by atoms with Gasteiger partial charge in [-0.3, -0.25) is 10.3 Å². The molecule has 0 aromatic carbocycles. The van der Waals surface area contributed by atoms with Gasteiger partial charge in [-0.05, 0) is 35.4 Å². The molecule has 0 aliphatic carbocycles. The molecule has 0 radical (unpaired) electrons. The molecule has 1 atom stereocenters. The third-order valence-corrected chi connectivity index (χ3v) is 5.41. The molecule has 1 unspecified atom stereocenters. The van der Waals surface area contributed by atoms with Gasteiger partial charge in [0.1, 0.15) is 12.2 Å². The Morgan fingerprint density at radius 2 is 2.06 bits per heavy atom. The van der Waals surface area contributed by atoms with Crippen molar-refractivity contribution in [1.29, 1.82) is 0 Å². The first-order chi connectivity index (χ1) is 16.5. The lowest BCUT2D eigenvalue weighted by molar-refractivity contribution is -0.711. The molecule has 4 heterocycles. The fourth-order valence-corrected chi connectivity index (χ4v) is 3.40. The Labute approximate surface area is 195 Å². The Morgan fingerprint density at radius 3 is 2.82 bits per heavy atom. The highest BCUT2D eigenvalue weighted by Gasteiger charge is 2.18. The van der Waals surface area contributed by atoms with Crippen LogP contribution >= 0.6 is 8.60 Å². The summed E-state index contributed by atoms with van der Waals surface area (Å²) in [6.07, 6.45) is 5.28. The molecule has 10 nitrogen and oxygen atoms in total. The number of nitrogens with zero attached hydrogens (tertiary/aromatic N) is 4. The number of rotatable bonds is 10. The topological polar surface area (TPSA) is 130 Å². The zero-order valence-electron chi connectivity index (χ0n) is 18.2. The second-order valence-electron chi connectivity index (χ2n) is 7.09. The van der Waals surface area contributed by atoms with Gasteiger partial charge >= 0.3 is 8.60 Å². The molecule has 0 bridgehead atoms. The summed E-state index contributed by atoms with van der Waals surface area (Å²) in [6.45, 7) is 0.209. The summed E-state index contributed by atoms with van der Waals surface area (Å²) in [5.41, 5.74) is 9.14. The van der Waals surface area contributed by atoms with Crippen molar-refractivity contribution in [2.24, 2.45) is 0 Å². The summed E-state index contributed by atoms with van der Waals surface area (Å²) in [6, 6.07) is 12.0. The number of hydrogen-bond acceptors (Lipinski definition) is 9. The minimum absolute atomic E-state index is 0.0207. The zero-order chi connectivity index (χ0) is 23.9. The maximum Gasteiger partial charge on any atom is 0.332 e. The van der Waals surface area contributed by atoms with Crippen molar-refractivity contribution < 1.29 is 32.2 Å². The highest BCUT2D eigenvalue weighted by Crippen LogP contribution is 2.31. The molecule has 4 aromatic heterocycles. The summed E-state index contributed by atoms with van der Waals surface area (Å²) in [7, 11) is -0.611. The first-order valence-corrected chi connectivity index (χ1v) is 11.2. The molecule has 12 heteroatoms. The average Bonchev–Trinajstić information content (AvgIpc) is 3.31. The summed E-state index contributed by atoms with van der Waals surface area (Å²) < 4.78 is 35.8. The van der Waals surface area contributed by atoms with E-state index in [2.05, 4.69) is 15.1 Å². The summed E-state index contributed by atoms with van der Waals surface area (Å²) in [5.74, 6) is 0.757. The normalized spacial score (nSPS) is 12.0. The van der Waals surface area contributed by atoms with Crippen LogP contribution in [0.3, 0.4) is 0 Å². The molecule has 0 aliphatic rings. The van der Waals surface area contributed by atoms with E-state index < -0.39 is 14.6 Å². The number of aromatic nitrogens is 4. The van der Waals surface area contributed by atoms with Crippen LogP contribution in [-0.4, -0.2) is 27.1 Å². The van der Waals surface area contributed by atoms with E-state index in [4.69, 9.17) is 24.0 Å². The number of anilines is 1. The molecule has 0 amide bonds. The van der Waals surface area contributed by atoms with Gasteiger partial charge in [-0.1, -0.05) is 11.2 Å². The third kappa shape index (κ3) is 6.09. The van der Waals surface area contributed by atoms with Gasteiger partial charge in [0, 0.05) is 38.1 Å². The van der Waals surface area contributed by atoms with Crippen molar-refractivity contribution >= 4 is 14.4 Å². The van der Waals surface area contributed by atoms with E-state index in [1.165, 1.54) is 19.4 Å². The van der Waals surface area contributed by atoms with Gasteiger partial charge in [0.15, 0.2) is 12.5 Å². The Balaban J connectivity index is 1.38. The first-order valence-electron chi connectivity index (χ1n) is 10.1. The van der Waals surface area contributed by atoms with Crippen LogP contribution in [0.15, 0.2) is 65.6 Å². The van der Waals surface area contributed by atoms with Crippen molar-refractivity contribution in [3.8, 4) is 17.2 Å². The molecule has 0 fully saturated rings. The number of hydrogen-bond donors (Lipinski definition) is 2. The van der Waals surface area contributed by atoms with Gasteiger partial charge in [0.25, 0.3) is 5.82 Å². The first kappa shape index (κ1) is 23.7. The molecular formula is C22H22FN5O5P+. The molecular weight excluding hydrogens is 464 g/mol. The predicted molar refractivity (Wildman–Crippen MR) is 119 cm³/mol. The molecule has 4 aromatic rings. The van der Waals surface area contributed by atoms with E-state index in [0.717, 1.165) is 5.56 Å². The highest BCUT2D eigenvalue weighted by atomic mass is 31.2. The number of pyridine rings is 3. The summed E-state index contributed by atoms with van der Waals surface area (Å²) in [4.78, 5) is 17.3. The quantitative estimate of drug-likeness (QED) is 0.197. The van der Waals surface area contributed by atoms with Crippen LogP contribution in [-0.2, 0) is 28.8 Å². The van der Waals surface area contributed by atoms with E-state index in [1.807, 2.05) is 6.07 Å². The van der Waals surface area contributed by atoms with Crippen molar-refractivity contribution in [1.82, 2.24) is 15.1 Å². The molecule has 4 rings (SSSR count). The monoisotopic (exact) mass is 486 g/mol. The van der Waals surface area contributed by atoms with Crippen molar-refractivity contribution in [3.63, 3.8) is 0 Å². The standard InChI is InChI=1S/C22H21FN5O5P/c1-30-34(29)32-14-28-8-2-3-18(22(28)24)19-11-17(27-33-19)9-15-4-5-21(26-12-15)31-13-16-6-7-25-20(23)10-16/h2-8,10-12,24,29H,9,13-14H2,1H3/p+1. The SMILES string of the molecule is COP(O)OC[n+]1cccc(-c2cc(Cc3ccc(OCc4ccnc(F)c4)nc3)no2)c1N. The molecule has 176 valence electrons. The van der Waals surface area contributed by atoms with Crippen LogP contribution in [0.1, 0.15) is 16.8 Å². The Kier molecular flexibility index (Phi) is 7.71. The van der Waals surface area contributed by atoms with Gasteiger partial charge in [-0.2, -0.15) is 4.39 Å². The molecule has 0 spiro atoms. The number of nitrogens with two attached hydrogens (primary N) is 1. The zero-order valence-corrected chi connectivity index (χ0v) is 19.1. The maximum absolute atomic E-state index is 13.2. The van der Waals surface area contributed by atoms with E-state index >= 15 is 0 Å². The fraction of sp³-hybridized carbons (Fsp3) is 0.182. The predicted octanol–water partition coefficient (Wildman–Crippen LogP) is 3.15. The van der Waals surface area contributed by atoms with E-state index in [1.54, 1.807) is 47.3 Å². The van der Waals surface area contributed by atoms with Gasteiger partial charge in [-0.15, -0.1) is 0 Å². The van der Waals surface area contributed by atoms with Crippen LogP contribution < -0.4 is 15.0 Å². The fourth-order valence-electron chi connectivity index (χ4n) is 3.07. The van der Waals surface area contributed by atoms with Crippen LogP contribution in [0.4, 0.5) is 10.2 Å². The van der Waals surface area contributed by atoms with Gasteiger partial charge in [0.2, 0.25) is 11.8 Å². The number of halogens is 1. The van der Waals surface area contributed by atoms with Crippen molar-refractivity contribution in [2.75, 3.05) is 12.8 Å². The van der Waals surface area contributed by atoms with Crippen LogP contribution in [0, 0.1) is 5.95 Å². The number of nitrogen functional groups attached to an aromatic ring is 1. The average molecular weight is 486 g/mol. The Morgan fingerprint density at radius 1 is 1.18 bits per heavy atom. The van der Waals surface area contributed by atoms with Crippen LogP contribution in [0.25, 0.3) is 11.3 Å². The molecule has 0 saturated carbocycles. The summed E-state index contributed by atoms with van der Waals surface area (Å²) >= 11 is 0. The second kappa shape index (κ2) is 11.1. The lowest BCUT2D eigenvalue weighted by Gasteiger charge is -2.08. The van der Waals surface area contributed by atoms with Gasteiger partial charge in [-0.25, -0.2) is 14.5 Å².